The molecule has 18 heavy (non-hydrogen) atoms. The molecule has 3 N–H and O–H groups in total. The fourth-order valence-corrected chi connectivity index (χ4v) is 1.92. The van der Waals surface area contributed by atoms with Crippen molar-refractivity contribution in [3.05, 3.63) is 34.1 Å². The molecule has 0 aromatic carbocycles. The second kappa shape index (κ2) is 3.88. The van der Waals surface area contributed by atoms with E-state index in [0.29, 0.717) is 27.4 Å². The van der Waals surface area contributed by atoms with Gasteiger partial charge in [0.05, 0.1) is 6.20 Å². The molecule has 90 valence electrons. The van der Waals surface area contributed by atoms with Crippen LogP contribution in [0.25, 0.3) is 11.6 Å². The van der Waals surface area contributed by atoms with Crippen LogP contribution in [0.15, 0.2) is 17.3 Å². The predicted octanol–water partition coefficient (Wildman–Crippen LogP) is 2.57. The molecule has 0 radical (unpaired) electrons. The second-order valence-corrected chi connectivity index (χ2v) is 4.13. The van der Waals surface area contributed by atoms with Gasteiger partial charge in [-0.15, -0.1) is 0 Å². The van der Waals surface area contributed by atoms with Gasteiger partial charge in [0, 0.05) is 17.4 Å². The summed E-state index contributed by atoms with van der Waals surface area (Å²) in [6.07, 6.45) is 4.29. The van der Waals surface area contributed by atoms with Crippen LogP contribution in [0.4, 0.5) is 10.2 Å². The molecule has 3 rings (SSSR count). The summed E-state index contributed by atoms with van der Waals surface area (Å²) < 4.78 is 13.4. The Bertz CT molecular complexity index is 744. The molecule has 0 saturated carbocycles. The van der Waals surface area contributed by atoms with Crippen molar-refractivity contribution in [1.82, 2.24) is 15.0 Å². The number of hydrogen-bond donors (Lipinski definition) is 3. The molecule has 5 nitrogen and oxygen atoms in total. The summed E-state index contributed by atoms with van der Waals surface area (Å²) in [5.74, 6) is -0.0497. The fourth-order valence-electron chi connectivity index (χ4n) is 1.71. The number of aromatic nitrogens is 3. The Hall–Kier alpha value is -2.28. The van der Waals surface area contributed by atoms with E-state index < -0.39 is 5.82 Å². The van der Waals surface area contributed by atoms with Crippen LogP contribution in [0.5, 0.6) is 5.88 Å². The average molecular weight is 262 g/mol. The van der Waals surface area contributed by atoms with E-state index >= 15 is 0 Å². The third-order valence-corrected chi connectivity index (χ3v) is 2.71. The minimum Gasteiger partial charge on any atom is -0.493 e. The van der Waals surface area contributed by atoms with Gasteiger partial charge in [-0.1, -0.05) is 0 Å². The number of fused-ring (bicyclic) bond motifs is 1. The zero-order valence-corrected chi connectivity index (χ0v) is 9.75. The molecular weight excluding hydrogens is 255 g/mol. The van der Waals surface area contributed by atoms with Crippen LogP contribution in [-0.4, -0.2) is 26.3 Å². The first-order valence-corrected chi connectivity index (χ1v) is 5.47. The van der Waals surface area contributed by atoms with Gasteiger partial charge in [-0.05, 0) is 24.4 Å². The van der Waals surface area contributed by atoms with Crippen molar-refractivity contribution in [3.8, 4) is 5.88 Å². The summed E-state index contributed by atoms with van der Waals surface area (Å²) in [5, 5.41) is 9.56. The van der Waals surface area contributed by atoms with Crippen LogP contribution >= 0.6 is 12.2 Å². The van der Waals surface area contributed by atoms with Crippen LogP contribution in [0.2, 0.25) is 0 Å². The van der Waals surface area contributed by atoms with Gasteiger partial charge in [-0.2, -0.15) is 0 Å². The van der Waals surface area contributed by atoms with Gasteiger partial charge in [0.25, 0.3) is 0 Å². The zero-order valence-electron chi connectivity index (χ0n) is 8.94. The van der Waals surface area contributed by atoms with Crippen molar-refractivity contribution in [2.75, 3.05) is 0 Å². The Balaban J connectivity index is 2.11. The number of imidazole rings is 1. The highest BCUT2D eigenvalue weighted by atomic mass is 32.1. The number of halogens is 1. The molecule has 1 aliphatic rings. The molecule has 0 atom stereocenters. The Morgan fingerprint density at radius 2 is 2.22 bits per heavy atom. The van der Waals surface area contributed by atoms with E-state index in [-0.39, 0.29) is 5.88 Å². The molecule has 3 heterocycles. The number of aromatic hydroxyl groups is 1. The van der Waals surface area contributed by atoms with Crippen molar-refractivity contribution in [1.29, 1.82) is 0 Å². The molecule has 0 bridgehead atoms. The maximum absolute atomic E-state index is 13.1. The zero-order chi connectivity index (χ0) is 12.7. The van der Waals surface area contributed by atoms with Gasteiger partial charge in [0.1, 0.15) is 11.5 Å². The lowest BCUT2D eigenvalue weighted by Crippen LogP contribution is -1.85. The number of rotatable bonds is 1. The van der Waals surface area contributed by atoms with Crippen molar-refractivity contribution >= 4 is 35.9 Å². The molecular formula is C11H7FN4OS. The quantitative estimate of drug-likeness (QED) is 0.691. The molecule has 0 unspecified atom stereocenters. The van der Waals surface area contributed by atoms with Gasteiger partial charge in [-0.25, -0.2) is 14.4 Å². The molecule has 7 heteroatoms. The first kappa shape index (κ1) is 10.8. The maximum atomic E-state index is 13.1. The smallest absolute Gasteiger partial charge is 0.215 e. The number of nitrogens with zero attached hydrogens (tertiary/aromatic N) is 2. The number of hydrogen-bond acceptors (Lipinski definition) is 4. The SMILES string of the molecule is Oc1[nH]c(=S)[nH]c1C=C1C=Nc2ncc(F)cc21. The first-order valence-electron chi connectivity index (χ1n) is 5.06. The molecule has 0 amide bonds. The van der Waals surface area contributed by atoms with Crippen molar-refractivity contribution < 1.29 is 9.50 Å². The Labute approximate surface area is 106 Å². The van der Waals surface area contributed by atoms with Crippen molar-refractivity contribution in [2.24, 2.45) is 4.99 Å². The van der Waals surface area contributed by atoms with E-state index in [1.807, 2.05) is 0 Å². The van der Waals surface area contributed by atoms with Crippen LogP contribution < -0.4 is 0 Å². The van der Waals surface area contributed by atoms with Gasteiger partial charge in [-0.3, -0.25) is 0 Å². The monoisotopic (exact) mass is 262 g/mol. The third-order valence-electron chi connectivity index (χ3n) is 2.51. The van der Waals surface area contributed by atoms with Crippen LogP contribution in [0.1, 0.15) is 11.3 Å². The standard InChI is InChI=1S/C11H7FN4OS/c12-6-2-7-5(3-13-9(7)14-4-6)1-8-10(17)16-11(18)15-8/h1-4,17H,(H2,15,16,18). The van der Waals surface area contributed by atoms with Gasteiger partial charge >= 0.3 is 0 Å². The summed E-state index contributed by atoms with van der Waals surface area (Å²) in [6, 6.07) is 1.35. The number of aromatic amines is 2. The molecule has 0 spiro atoms. The molecule has 0 fully saturated rings. The summed E-state index contributed by atoms with van der Waals surface area (Å²) in [6.45, 7) is 0. The normalized spacial score (nSPS) is 15.3. The Morgan fingerprint density at radius 1 is 1.39 bits per heavy atom. The highest BCUT2D eigenvalue weighted by Gasteiger charge is 2.15. The average Bonchev–Trinajstić information content (AvgIpc) is 2.84. The summed E-state index contributed by atoms with van der Waals surface area (Å²) in [5.41, 5.74) is 1.64. The van der Waals surface area contributed by atoms with Crippen LogP contribution in [0, 0.1) is 10.6 Å². The molecule has 2 aromatic rings. The minimum absolute atomic E-state index is 0.0706. The molecule has 2 aromatic heterocycles. The maximum Gasteiger partial charge on any atom is 0.215 e. The summed E-state index contributed by atoms with van der Waals surface area (Å²) in [4.78, 5) is 13.2. The second-order valence-electron chi connectivity index (χ2n) is 3.72. The van der Waals surface area contributed by atoms with E-state index in [2.05, 4.69) is 19.9 Å². The summed E-state index contributed by atoms with van der Waals surface area (Å²) >= 11 is 4.85. The van der Waals surface area contributed by atoms with Crippen LogP contribution in [-0.2, 0) is 0 Å². The van der Waals surface area contributed by atoms with E-state index in [0.717, 1.165) is 6.20 Å². The minimum atomic E-state index is -0.434. The number of aliphatic imine (C=N–C) groups is 1. The third kappa shape index (κ3) is 1.74. The van der Waals surface area contributed by atoms with Gasteiger partial charge < -0.3 is 15.1 Å². The van der Waals surface area contributed by atoms with Crippen molar-refractivity contribution in [2.45, 2.75) is 0 Å². The lowest BCUT2D eigenvalue weighted by atomic mass is 10.1. The number of H-pyrrole nitrogens is 2. The first-order chi connectivity index (χ1) is 8.63. The molecule has 0 aliphatic carbocycles. The molecule has 0 saturated heterocycles. The Kier molecular flexibility index (Phi) is 2.34. The Morgan fingerprint density at radius 3 is 2.94 bits per heavy atom. The summed E-state index contributed by atoms with van der Waals surface area (Å²) in [7, 11) is 0. The van der Waals surface area contributed by atoms with Gasteiger partial charge in [0.2, 0.25) is 5.88 Å². The highest BCUT2D eigenvalue weighted by Crippen LogP contribution is 2.31. The number of pyridine rings is 1. The van der Waals surface area contributed by atoms with E-state index in [4.69, 9.17) is 12.2 Å². The molecule has 1 aliphatic heterocycles. The number of nitrogens with one attached hydrogen (secondary N) is 2. The number of allylic oxidation sites excluding steroid dienone is 1. The largest absolute Gasteiger partial charge is 0.493 e. The lowest BCUT2D eigenvalue weighted by molar-refractivity contribution is 0.455. The van der Waals surface area contributed by atoms with Crippen molar-refractivity contribution in [3.63, 3.8) is 0 Å². The topological polar surface area (TPSA) is 77.1 Å². The van der Waals surface area contributed by atoms with E-state index in [1.54, 1.807) is 12.3 Å². The lowest BCUT2D eigenvalue weighted by Gasteiger charge is -1.98. The van der Waals surface area contributed by atoms with Gasteiger partial charge in [0.15, 0.2) is 10.6 Å². The van der Waals surface area contributed by atoms with Crippen LogP contribution in [0.3, 0.4) is 0 Å². The van der Waals surface area contributed by atoms with E-state index in [1.165, 1.54) is 6.07 Å². The van der Waals surface area contributed by atoms with E-state index in [9.17, 15) is 9.50 Å². The highest BCUT2D eigenvalue weighted by molar-refractivity contribution is 7.71. The predicted molar refractivity (Wildman–Crippen MR) is 67.9 cm³/mol. The fraction of sp³-hybridized carbons (Fsp3) is 0.